The number of phenols is 1. The maximum Gasteiger partial charge on any atom is 0.310 e. The molecule has 1 aromatic carbocycles. The van der Waals surface area contributed by atoms with Crippen molar-refractivity contribution in [3.63, 3.8) is 0 Å². The zero-order valence-electron chi connectivity index (χ0n) is 10.2. The molecular weight excluding hydrogens is 216 g/mol. The van der Waals surface area contributed by atoms with Gasteiger partial charge in [0.15, 0.2) is 0 Å². The molecule has 17 heavy (non-hydrogen) atoms. The Balaban J connectivity index is 2.59. The highest BCUT2D eigenvalue weighted by molar-refractivity contribution is 5.76. The van der Waals surface area contributed by atoms with Gasteiger partial charge in [0.05, 0.1) is 5.92 Å². The molecule has 94 valence electrons. The molecule has 0 saturated heterocycles. The van der Waals surface area contributed by atoms with E-state index in [1.165, 1.54) is 12.1 Å². The van der Waals surface area contributed by atoms with Crippen LogP contribution in [0.15, 0.2) is 24.3 Å². The third-order valence-electron chi connectivity index (χ3n) is 2.94. The van der Waals surface area contributed by atoms with Gasteiger partial charge in [0, 0.05) is 0 Å². The second-order valence-electron chi connectivity index (χ2n) is 4.33. The van der Waals surface area contributed by atoms with Crippen molar-refractivity contribution in [1.29, 1.82) is 0 Å². The van der Waals surface area contributed by atoms with E-state index in [1.807, 2.05) is 0 Å². The number of phenolic OH excluding ortho intramolecular Hbond substituents is 1. The normalized spacial score (nSPS) is 12.3. The maximum absolute atomic E-state index is 11.2. The summed E-state index contributed by atoms with van der Waals surface area (Å²) < 4.78 is 0. The number of aromatic hydroxyl groups is 1. The highest BCUT2D eigenvalue weighted by Gasteiger charge is 2.18. The van der Waals surface area contributed by atoms with Crippen molar-refractivity contribution in [1.82, 2.24) is 0 Å². The van der Waals surface area contributed by atoms with Gasteiger partial charge in [0.25, 0.3) is 0 Å². The summed E-state index contributed by atoms with van der Waals surface area (Å²) in [6.07, 6.45) is 4.99. The SMILES string of the molecule is CCCCCCC(C(=O)O)c1ccc(O)cc1. The molecule has 0 radical (unpaired) electrons. The smallest absolute Gasteiger partial charge is 0.310 e. The fourth-order valence-electron chi connectivity index (χ4n) is 1.91. The van der Waals surface area contributed by atoms with E-state index in [2.05, 4.69) is 6.92 Å². The Hall–Kier alpha value is -1.51. The number of aliphatic carboxylic acids is 1. The summed E-state index contributed by atoms with van der Waals surface area (Å²) in [5.74, 6) is -1.07. The van der Waals surface area contributed by atoms with Crippen LogP contribution in [0.4, 0.5) is 0 Å². The van der Waals surface area contributed by atoms with Crippen molar-refractivity contribution in [2.45, 2.75) is 44.9 Å². The Bertz CT molecular complexity index is 343. The van der Waals surface area contributed by atoms with E-state index < -0.39 is 11.9 Å². The Morgan fingerprint density at radius 2 is 1.82 bits per heavy atom. The zero-order chi connectivity index (χ0) is 12.7. The van der Waals surface area contributed by atoms with Crippen molar-refractivity contribution < 1.29 is 15.0 Å². The van der Waals surface area contributed by atoms with Gasteiger partial charge in [-0.1, -0.05) is 44.7 Å². The van der Waals surface area contributed by atoms with Crippen LogP contribution < -0.4 is 0 Å². The maximum atomic E-state index is 11.2. The first-order valence-electron chi connectivity index (χ1n) is 6.17. The van der Waals surface area contributed by atoms with Crippen LogP contribution in [0.5, 0.6) is 5.75 Å². The molecule has 3 heteroatoms. The Kier molecular flexibility index (Phi) is 5.53. The van der Waals surface area contributed by atoms with Crippen LogP contribution in [0.3, 0.4) is 0 Å². The minimum absolute atomic E-state index is 0.170. The summed E-state index contributed by atoms with van der Waals surface area (Å²) >= 11 is 0. The highest BCUT2D eigenvalue weighted by atomic mass is 16.4. The summed E-state index contributed by atoms with van der Waals surface area (Å²) in [6.45, 7) is 2.13. The van der Waals surface area contributed by atoms with Crippen LogP contribution in [0.1, 0.15) is 50.5 Å². The van der Waals surface area contributed by atoms with Crippen LogP contribution in [-0.2, 0) is 4.79 Å². The summed E-state index contributed by atoms with van der Waals surface area (Å²) in [5, 5.41) is 18.4. The molecule has 0 aliphatic carbocycles. The van der Waals surface area contributed by atoms with Crippen molar-refractivity contribution in [2.75, 3.05) is 0 Å². The summed E-state index contributed by atoms with van der Waals surface area (Å²) in [6, 6.07) is 6.45. The minimum atomic E-state index is -0.785. The van der Waals surface area contributed by atoms with Crippen LogP contribution in [0.2, 0.25) is 0 Å². The van der Waals surface area contributed by atoms with Crippen LogP contribution in [0.25, 0.3) is 0 Å². The molecule has 1 atom stereocenters. The Morgan fingerprint density at radius 1 is 1.18 bits per heavy atom. The second kappa shape index (κ2) is 6.94. The van der Waals surface area contributed by atoms with Crippen LogP contribution >= 0.6 is 0 Å². The van der Waals surface area contributed by atoms with E-state index in [9.17, 15) is 15.0 Å². The Labute approximate surface area is 102 Å². The number of unbranched alkanes of at least 4 members (excludes halogenated alkanes) is 3. The molecule has 1 rings (SSSR count). The van der Waals surface area contributed by atoms with Gasteiger partial charge >= 0.3 is 5.97 Å². The first-order chi connectivity index (χ1) is 8.15. The lowest BCUT2D eigenvalue weighted by Crippen LogP contribution is -2.11. The number of benzene rings is 1. The number of hydrogen-bond donors (Lipinski definition) is 2. The van der Waals surface area contributed by atoms with E-state index in [4.69, 9.17) is 0 Å². The first-order valence-corrected chi connectivity index (χ1v) is 6.17. The van der Waals surface area contributed by atoms with E-state index in [1.54, 1.807) is 12.1 Å². The van der Waals surface area contributed by atoms with E-state index >= 15 is 0 Å². The fourth-order valence-corrected chi connectivity index (χ4v) is 1.91. The molecule has 0 saturated carbocycles. The molecule has 0 aliphatic heterocycles. The second-order valence-corrected chi connectivity index (χ2v) is 4.33. The molecule has 0 aliphatic rings. The number of carbonyl (C=O) groups is 1. The first kappa shape index (κ1) is 13.6. The fraction of sp³-hybridized carbons (Fsp3) is 0.500. The van der Waals surface area contributed by atoms with Gasteiger partial charge in [0.1, 0.15) is 5.75 Å². The summed E-state index contributed by atoms with van der Waals surface area (Å²) in [5.41, 5.74) is 0.770. The van der Waals surface area contributed by atoms with Crippen molar-refractivity contribution in [2.24, 2.45) is 0 Å². The average molecular weight is 236 g/mol. The van der Waals surface area contributed by atoms with E-state index in [-0.39, 0.29) is 5.75 Å². The molecule has 0 heterocycles. The topological polar surface area (TPSA) is 57.5 Å². The number of hydrogen-bond acceptors (Lipinski definition) is 2. The standard InChI is InChI=1S/C14H20O3/c1-2-3-4-5-6-13(14(16)17)11-7-9-12(15)10-8-11/h7-10,13,15H,2-6H2,1H3,(H,16,17). The molecule has 0 aromatic heterocycles. The van der Waals surface area contributed by atoms with Crippen molar-refractivity contribution in [3.8, 4) is 5.75 Å². The van der Waals surface area contributed by atoms with E-state index in [0.717, 1.165) is 31.2 Å². The van der Waals surface area contributed by atoms with Crippen LogP contribution in [0, 0.1) is 0 Å². The third-order valence-corrected chi connectivity index (χ3v) is 2.94. The van der Waals surface area contributed by atoms with Gasteiger partial charge in [0.2, 0.25) is 0 Å². The molecular formula is C14H20O3. The lowest BCUT2D eigenvalue weighted by atomic mass is 9.93. The lowest BCUT2D eigenvalue weighted by Gasteiger charge is -2.12. The quantitative estimate of drug-likeness (QED) is 0.712. The average Bonchev–Trinajstić information content (AvgIpc) is 2.30. The highest BCUT2D eigenvalue weighted by Crippen LogP contribution is 2.24. The van der Waals surface area contributed by atoms with Crippen molar-refractivity contribution in [3.05, 3.63) is 29.8 Å². The third kappa shape index (κ3) is 4.47. The number of carboxylic acid groups (broad SMARTS) is 1. The van der Waals surface area contributed by atoms with Gasteiger partial charge in [-0.2, -0.15) is 0 Å². The zero-order valence-corrected chi connectivity index (χ0v) is 10.2. The number of carboxylic acids is 1. The van der Waals surface area contributed by atoms with Gasteiger partial charge in [-0.25, -0.2) is 0 Å². The Morgan fingerprint density at radius 3 is 2.35 bits per heavy atom. The largest absolute Gasteiger partial charge is 0.508 e. The van der Waals surface area contributed by atoms with Crippen molar-refractivity contribution >= 4 is 5.97 Å². The van der Waals surface area contributed by atoms with Gasteiger partial charge < -0.3 is 10.2 Å². The summed E-state index contributed by atoms with van der Waals surface area (Å²) in [7, 11) is 0. The predicted molar refractivity (Wildman–Crippen MR) is 67.2 cm³/mol. The predicted octanol–water partition coefficient (Wildman–Crippen LogP) is 3.53. The molecule has 1 unspecified atom stereocenters. The van der Waals surface area contributed by atoms with E-state index in [0.29, 0.717) is 6.42 Å². The number of rotatable bonds is 7. The molecule has 3 nitrogen and oxygen atoms in total. The summed E-state index contributed by atoms with van der Waals surface area (Å²) in [4.78, 5) is 11.2. The van der Waals surface area contributed by atoms with Gasteiger partial charge in [-0.15, -0.1) is 0 Å². The molecule has 1 aromatic rings. The lowest BCUT2D eigenvalue weighted by molar-refractivity contribution is -0.139. The molecule has 0 bridgehead atoms. The van der Waals surface area contributed by atoms with Gasteiger partial charge in [-0.05, 0) is 24.1 Å². The molecule has 0 spiro atoms. The molecule has 0 amide bonds. The minimum Gasteiger partial charge on any atom is -0.508 e. The van der Waals surface area contributed by atoms with Crippen LogP contribution in [-0.4, -0.2) is 16.2 Å². The molecule has 2 N–H and O–H groups in total. The molecule has 0 fully saturated rings. The monoisotopic (exact) mass is 236 g/mol. The van der Waals surface area contributed by atoms with Gasteiger partial charge in [-0.3, -0.25) is 4.79 Å².